The Morgan fingerprint density at radius 1 is 1.12 bits per heavy atom. The lowest BCUT2D eigenvalue weighted by atomic mass is 10.1. The van der Waals surface area contributed by atoms with Crippen LogP contribution >= 0.6 is 11.3 Å². The monoisotopic (exact) mass is 381 g/mol. The fraction of sp³-hybridized carbons (Fsp3) is 0.400. The molecule has 0 spiro atoms. The van der Waals surface area contributed by atoms with Crippen LogP contribution in [0.4, 0.5) is 16.5 Å². The van der Waals surface area contributed by atoms with Gasteiger partial charge in [0.1, 0.15) is 0 Å². The fourth-order valence-electron chi connectivity index (χ4n) is 2.61. The Labute approximate surface area is 150 Å². The van der Waals surface area contributed by atoms with Crippen molar-refractivity contribution in [3.63, 3.8) is 0 Å². The fourth-order valence-corrected chi connectivity index (χ4v) is 4.62. The minimum absolute atomic E-state index is 0.147. The van der Waals surface area contributed by atoms with Gasteiger partial charge in [-0.05, 0) is 43.5 Å². The maximum absolute atomic E-state index is 12.4. The van der Waals surface area contributed by atoms with Crippen LogP contribution in [0.2, 0.25) is 0 Å². The number of amides is 1. The summed E-state index contributed by atoms with van der Waals surface area (Å²) in [5.41, 5.74) is 1.54. The Bertz CT molecular complexity index is 842. The number of piperidine rings is 1. The van der Waals surface area contributed by atoms with Crippen LogP contribution in [-0.4, -0.2) is 37.6 Å². The van der Waals surface area contributed by atoms with Gasteiger partial charge >= 0.3 is 0 Å². The molecule has 2 N–H and O–H groups in total. The molecule has 25 heavy (non-hydrogen) atoms. The minimum Gasteiger partial charge on any atom is -0.372 e. The molecule has 0 bridgehead atoms. The van der Waals surface area contributed by atoms with Crippen molar-refractivity contribution in [1.29, 1.82) is 0 Å². The van der Waals surface area contributed by atoms with Crippen molar-refractivity contribution in [2.45, 2.75) is 30.5 Å². The highest BCUT2D eigenvalue weighted by molar-refractivity contribution is 7.94. The third-order valence-corrected chi connectivity index (χ3v) is 6.35. The first-order valence-electron chi connectivity index (χ1n) is 7.93. The molecule has 1 aliphatic rings. The summed E-state index contributed by atoms with van der Waals surface area (Å²) in [7, 11) is -3.84. The van der Waals surface area contributed by atoms with E-state index in [-0.39, 0.29) is 15.4 Å². The van der Waals surface area contributed by atoms with Gasteiger partial charge < -0.3 is 10.2 Å². The molecule has 0 radical (unpaired) electrons. The van der Waals surface area contributed by atoms with Crippen molar-refractivity contribution in [3.8, 4) is 0 Å². The second-order valence-corrected chi connectivity index (χ2v) is 8.59. The molecule has 0 saturated carbocycles. The number of hydrogen-bond acceptors (Lipinski definition) is 7. The number of anilines is 3. The highest BCUT2D eigenvalue weighted by Crippen LogP contribution is 2.25. The molecule has 3 rings (SSSR count). The Hall–Kier alpha value is -2.20. The molecule has 134 valence electrons. The van der Waals surface area contributed by atoms with Gasteiger partial charge in [-0.15, -0.1) is 10.2 Å². The summed E-state index contributed by atoms with van der Waals surface area (Å²) in [6.07, 6.45) is 3.63. The van der Waals surface area contributed by atoms with E-state index in [0.717, 1.165) is 30.1 Å². The summed E-state index contributed by atoms with van der Waals surface area (Å²) in [5, 5.41) is 9.83. The lowest BCUT2D eigenvalue weighted by molar-refractivity contribution is -0.114. The lowest BCUT2D eigenvalue weighted by Gasteiger charge is -2.28. The second kappa shape index (κ2) is 7.36. The summed E-state index contributed by atoms with van der Waals surface area (Å²) in [4.78, 5) is 13.3. The number of nitrogens with one attached hydrogen (secondary N) is 2. The number of carbonyl (C=O) groups excluding carboxylic acids is 1. The molecule has 1 aliphatic heterocycles. The van der Waals surface area contributed by atoms with E-state index in [1.807, 2.05) is 12.1 Å². The van der Waals surface area contributed by atoms with Crippen molar-refractivity contribution >= 4 is 43.8 Å². The van der Waals surface area contributed by atoms with Gasteiger partial charge in [-0.2, -0.15) is 8.42 Å². The first-order chi connectivity index (χ1) is 11.9. The predicted molar refractivity (Wildman–Crippen MR) is 97.5 cm³/mol. The predicted octanol–water partition coefficient (Wildman–Crippen LogP) is 2.29. The zero-order chi connectivity index (χ0) is 17.9. The van der Waals surface area contributed by atoms with Crippen LogP contribution in [0.1, 0.15) is 26.2 Å². The molecule has 1 aromatic heterocycles. The van der Waals surface area contributed by atoms with Gasteiger partial charge in [0, 0.05) is 31.4 Å². The van der Waals surface area contributed by atoms with E-state index in [1.165, 1.54) is 26.2 Å². The summed E-state index contributed by atoms with van der Waals surface area (Å²) in [6.45, 7) is 3.38. The average Bonchev–Trinajstić information content (AvgIpc) is 3.05. The molecule has 2 heterocycles. The lowest BCUT2D eigenvalue weighted by Crippen LogP contribution is -2.29. The summed E-state index contributed by atoms with van der Waals surface area (Å²) >= 11 is 0.800. The topological polar surface area (TPSA) is 104 Å². The number of aromatic nitrogens is 2. The highest BCUT2D eigenvalue weighted by atomic mass is 32.2. The van der Waals surface area contributed by atoms with Gasteiger partial charge in [-0.25, -0.2) is 0 Å². The molecule has 8 nitrogen and oxygen atoms in total. The standard InChI is InChI=1S/C15H19N5O3S2/c1-11(21)16-14-17-18-15(24-14)25(22,23)19-12-5-7-13(8-6-12)20-9-3-2-4-10-20/h5-8,19H,2-4,9-10H2,1H3,(H,16,17,21). The van der Waals surface area contributed by atoms with Gasteiger partial charge in [-0.1, -0.05) is 11.3 Å². The van der Waals surface area contributed by atoms with E-state index in [1.54, 1.807) is 12.1 Å². The molecular formula is C15H19N5O3S2. The van der Waals surface area contributed by atoms with Crippen molar-refractivity contribution in [2.75, 3.05) is 28.0 Å². The molecule has 1 aromatic carbocycles. The van der Waals surface area contributed by atoms with Gasteiger partial charge in [0.05, 0.1) is 0 Å². The zero-order valence-corrected chi connectivity index (χ0v) is 15.4. The zero-order valence-electron chi connectivity index (χ0n) is 13.7. The van der Waals surface area contributed by atoms with Crippen LogP contribution in [0.5, 0.6) is 0 Å². The largest absolute Gasteiger partial charge is 0.372 e. The quantitative estimate of drug-likeness (QED) is 0.770. The molecule has 1 saturated heterocycles. The number of rotatable bonds is 5. The summed E-state index contributed by atoms with van der Waals surface area (Å²) < 4.78 is 27.0. The SMILES string of the molecule is CC(=O)Nc1nnc(S(=O)(=O)Nc2ccc(N3CCCCC3)cc2)s1. The number of nitrogens with zero attached hydrogens (tertiary/aromatic N) is 3. The smallest absolute Gasteiger partial charge is 0.291 e. The van der Waals surface area contributed by atoms with Crippen molar-refractivity contribution in [3.05, 3.63) is 24.3 Å². The normalized spacial score (nSPS) is 15.0. The van der Waals surface area contributed by atoms with Crippen molar-refractivity contribution in [2.24, 2.45) is 0 Å². The second-order valence-electron chi connectivity index (χ2n) is 5.75. The van der Waals surface area contributed by atoms with Crippen LogP contribution in [-0.2, 0) is 14.8 Å². The van der Waals surface area contributed by atoms with Gasteiger partial charge in [0.15, 0.2) is 0 Å². The van der Waals surface area contributed by atoms with E-state index in [0.29, 0.717) is 5.69 Å². The first-order valence-corrected chi connectivity index (χ1v) is 10.2. The summed E-state index contributed by atoms with van der Waals surface area (Å²) in [5.74, 6) is -0.332. The van der Waals surface area contributed by atoms with Gasteiger partial charge in [0.25, 0.3) is 14.4 Å². The van der Waals surface area contributed by atoms with Gasteiger partial charge in [-0.3, -0.25) is 9.52 Å². The molecule has 0 unspecified atom stereocenters. The molecule has 2 aromatic rings. The number of hydrogen-bond donors (Lipinski definition) is 2. The third kappa shape index (κ3) is 4.45. The highest BCUT2D eigenvalue weighted by Gasteiger charge is 2.21. The maximum Gasteiger partial charge on any atom is 0.291 e. The first kappa shape index (κ1) is 17.6. The van der Waals surface area contributed by atoms with Crippen molar-refractivity contribution < 1.29 is 13.2 Å². The van der Waals surface area contributed by atoms with Crippen LogP contribution in [0.3, 0.4) is 0 Å². The van der Waals surface area contributed by atoms with E-state index < -0.39 is 10.0 Å². The van der Waals surface area contributed by atoms with Gasteiger partial charge in [0.2, 0.25) is 11.0 Å². The Morgan fingerprint density at radius 2 is 1.80 bits per heavy atom. The molecular weight excluding hydrogens is 362 g/mol. The van der Waals surface area contributed by atoms with Crippen LogP contribution in [0.25, 0.3) is 0 Å². The van der Waals surface area contributed by atoms with E-state index in [4.69, 9.17) is 0 Å². The van der Waals surface area contributed by atoms with E-state index in [2.05, 4.69) is 25.1 Å². The molecule has 1 fully saturated rings. The molecule has 0 aliphatic carbocycles. The van der Waals surface area contributed by atoms with Crippen molar-refractivity contribution in [1.82, 2.24) is 10.2 Å². The van der Waals surface area contributed by atoms with E-state index in [9.17, 15) is 13.2 Å². The Balaban J connectivity index is 1.70. The molecule has 1 amide bonds. The number of benzene rings is 1. The summed E-state index contributed by atoms with van der Waals surface area (Å²) in [6, 6.07) is 7.28. The number of carbonyl (C=O) groups is 1. The third-order valence-electron chi connectivity index (χ3n) is 3.76. The van der Waals surface area contributed by atoms with E-state index >= 15 is 0 Å². The Morgan fingerprint density at radius 3 is 2.44 bits per heavy atom. The maximum atomic E-state index is 12.4. The van der Waals surface area contributed by atoms with Crippen LogP contribution in [0.15, 0.2) is 28.6 Å². The van der Waals surface area contributed by atoms with Crippen LogP contribution in [0, 0.1) is 0 Å². The number of sulfonamides is 1. The Kier molecular flexibility index (Phi) is 5.19. The minimum atomic E-state index is -3.84. The molecule has 0 atom stereocenters. The average molecular weight is 381 g/mol. The van der Waals surface area contributed by atoms with Crippen LogP contribution < -0.4 is 14.9 Å². The molecule has 10 heteroatoms.